The van der Waals surface area contributed by atoms with Crippen LogP contribution in [0.25, 0.3) is 0 Å². The van der Waals surface area contributed by atoms with Crippen LogP contribution in [0.3, 0.4) is 0 Å². The van der Waals surface area contributed by atoms with E-state index in [1.165, 1.54) is 0 Å². The van der Waals surface area contributed by atoms with E-state index in [4.69, 9.17) is 4.42 Å². The van der Waals surface area contributed by atoms with Gasteiger partial charge in [0.15, 0.2) is 5.82 Å². The van der Waals surface area contributed by atoms with Gasteiger partial charge in [-0.2, -0.15) is 0 Å². The van der Waals surface area contributed by atoms with Gasteiger partial charge in [0.05, 0.1) is 12.6 Å². The molecule has 1 amide bonds. The standard InChI is InChI=1S/C19H27N5O2/c1-3-15-6-7-16(26-15)12-23-9-8-17-21-22-18(24(17)11-10-23)13(2)20-19(25)14-4-5-14/h6-7,13-14H,3-5,8-12H2,1-2H3,(H,20,25)/t13-/m0/s1. The SMILES string of the molecule is CCc1ccc(CN2CCc3nnc([C@H](C)NC(=O)C4CC4)n3CC2)o1. The number of rotatable bonds is 6. The first-order valence-corrected chi connectivity index (χ1v) is 9.66. The molecule has 1 fully saturated rings. The molecule has 1 aliphatic carbocycles. The van der Waals surface area contributed by atoms with Gasteiger partial charge in [0, 0.05) is 38.4 Å². The summed E-state index contributed by atoms with van der Waals surface area (Å²) >= 11 is 0. The molecule has 0 spiro atoms. The number of nitrogens with zero attached hydrogens (tertiary/aromatic N) is 4. The van der Waals surface area contributed by atoms with Crippen molar-refractivity contribution >= 4 is 5.91 Å². The summed E-state index contributed by atoms with van der Waals surface area (Å²) in [6.45, 7) is 7.61. The largest absolute Gasteiger partial charge is 0.465 e. The normalized spacial score (nSPS) is 19.0. The molecule has 0 bridgehead atoms. The van der Waals surface area contributed by atoms with Crippen LogP contribution in [0, 0.1) is 5.92 Å². The molecule has 0 aromatic carbocycles. The predicted octanol–water partition coefficient (Wildman–Crippen LogP) is 2.08. The third kappa shape index (κ3) is 3.67. The van der Waals surface area contributed by atoms with Crippen molar-refractivity contribution in [2.24, 2.45) is 5.92 Å². The van der Waals surface area contributed by atoms with Gasteiger partial charge in [-0.05, 0) is 31.9 Å². The van der Waals surface area contributed by atoms with E-state index >= 15 is 0 Å². The Morgan fingerprint density at radius 3 is 2.81 bits per heavy atom. The number of nitrogens with one attached hydrogen (secondary N) is 1. The Bertz CT molecular complexity index is 777. The number of aryl methyl sites for hydroxylation is 1. The highest BCUT2D eigenvalue weighted by molar-refractivity contribution is 5.81. The van der Waals surface area contributed by atoms with Crippen molar-refractivity contribution in [3.05, 3.63) is 35.3 Å². The lowest BCUT2D eigenvalue weighted by atomic mass is 10.2. The van der Waals surface area contributed by atoms with E-state index in [0.717, 1.165) is 75.0 Å². The summed E-state index contributed by atoms with van der Waals surface area (Å²) in [4.78, 5) is 14.4. The van der Waals surface area contributed by atoms with Crippen molar-refractivity contribution in [3.63, 3.8) is 0 Å². The molecule has 0 saturated heterocycles. The summed E-state index contributed by atoms with van der Waals surface area (Å²) in [7, 11) is 0. The Labute approximate surface area is 153 Å². The third-order valence-electron chi connectivity index (χ3n) is 5.29. The lowest BCUT2D eigenvalue weighted by molar-refractivity contribution is -0.123. The van der Waals surface area contributed by atoms with Crippen LogP contribution in [0.4, 0.5) is 0 Å². The van der Waals surface area contributed by atoms with Crippen molar-refractivity contribution in [3.8, 4) is 0 Å². The van der Waals surface area contributed by atoms with Crippen LogP contribution in [0.5, 0.6) is 0 Å². The summed E-state index contributed by atoms with van der Waals surface area (Å²) in [6, 6.07) is 4.03. The topological polar surface area (TPSA) is 76.2 Å². The second-order valence-corrected chi connectivity index (χ2v) is 7.38. The van der Waals surface area contributed by atoms with E-state index in [2.05, 4.69) is 44.0 Å². The fraction of sp³-hybridized carbons (Fsp3) is 0.632. The van der Waals surface area contributed by atoms with Gasteiger partial charge >= 0.3 is 0 Å². The highest BCUT2D eigenvalue weighted by atomic mass is 16.3. The first-order chi connectivity index (χ1) is 12.6. The molecule has 26 heavy (non-hydrogen) atoms. The third-order valence-corrected chi connectivity index (χ3v) is 5.29. The summed E-state index contributed by atoms with van der Waals surface area (Å²) < 4.78 is 8.02. The van der Waals surface area contributed by atoms with Gasteiger partial charge in [-0.3, -0.25) is 9.69 Å². The first kappa shape index (κ1) is 17.3. The Balaban J connectivity index is 1.39. The van der Waals surface area contributed by atoms with Crippen molar-refractivity contribution in [2.45, 2.75) is 58.7 Å². The van der Waals surface area contributed by atoms with Gasteiger partial charge in [0.1, 0.15) is 17.3 Å². The Morgan fingerprint density at radius 2 is 2.08 bits per heavy atom. The summed E-state index contributed by atoms with van der Waals surface area (Å²) in [6.07, 6.45) is 3.81. The summed E-state index contributed by atoms with van der Waals surface area (Å²) in [5.41, 5.74) is 0. The van der Waals surface area contributed by atoms with E-state index in [9.17, 15) is 4.79 Å². The van der Waals surface area contributed by atoms with Crippen molar-refractivity contribution in [1.82, 2.24) is 25.0 Å². The average molecular weight is 357 g/mol. The smallest absolute Gasteiger partial charge is 0.223 e. The van der Waals surface area contributed by atoms with E-state index in [1.807, 2.05) is 6.92 Å². The molecule has 2 aromatic rings. The zero-order valence-electron chi connectivity index (χ0n) is 15.6. The van der Waals surface area contributed by atoms with Crippen molar-refractivity contribution in [1.29, 1.82) is 0 Å². The number of carbonyl (C=O) groups is 1. The highest BCUT2D eigenvalue weighted by Crippen LogP contribution is 2.29. The molecule has 140 valence electrons. The molecule has 7 nitrogen and oxygen atoms in total. The molecule has 4 rings (SSSR count). The second-order valence-electron chi connectivity index (χ2n) is 7.38. The van der Waals surface area contributed by atoms with Gasteiger partial charge in [-0.1, -0.05) is 6.92 Å². The molecular weight excluding hydrogens is 330 g/mol. The summed E-state index contributed by atoms with van der Waals surface area (Å²) in [5, 5.41) is 11.8. The van der Waals surface area contributed by atoms with Crippen LogP contribution in [-0.2, 0) is 30.7 Å². The second kappa shape index (κ2) is 7.23. The van der Waals surface area contributed by atoms with Crippen LogP contribution in [0.1, 0.15) is 55.9 Å². The molecule has 0 unspecified atom stereocenters. The maximum Gasteiger partial charge on any atom is 0.223 e. The fourth-order valence-electron chi connectivity index (χ4n) is 3.53. The molecule has 3 heterocycles. The molecule has 7 heteroatoms. The van der Waals surface area contributed by atoms with Crippen LogP contribution in [-0.4, -0.2) is 38.7 Å². The number of hydrogen-bond donors (Lipinski definition) is 1. The Kier molecular flexibility index (Phi) is 4.80. The van der Waals surface area contributed by atoms with Crippen LogP contribution >= 0.6 is 0 Å². The molecule has 1 N–H and O–H groups in total. The number of aromatic nitrogens is 3. The molecule has 1 aliphatic heterocycles. The fourth-order valence-corrected chi connectivity index (χ4v) is 3.53. The predicted molar refractivity (Wildman–Crippen MR) is 96.4 cm³/mol. The minimum absolute atomic E-state index is 0.104. The van der Waals surface area contributed by atoms with Gasteiger partial charge < -0.3 is 14.3 Å². The van der Waals surface area contributed by atoms with Crippen LogP contribution in [0.15, 0.2) is 16.5 Å². The number of fused-ring (bicyclic) bond motifs is 1. The van der Waals surface area contributed by atoms with Gasteiger partial charge in [0.25, 0.3) is 0 Å². The van der Waals surface area contributed by atoms with Crippen molar-refractivity contribution < 1.29 is 9.21 Å². The lowest BCUT2D eigenvalue weighted by Gasteiger charge is -2.19. The maximum absolute atomic E-state index is 12.0. The number of furan rings is 1. The van der Waals surface area contributed by atoms with Crippen LogP contribution < -0.4 is 5.32 Å². The van der Waals surface area contributed by atoms with E-state index in [1.54, 1.807) is 0 Å². The monoisotopic (exact) mass is 357 g/mol. The van der Waals surface area contributed by atoms with Gasteiger partial charge in [-0.15, -0.1) is 10.2 Å². The number of hydrogen-bond acceptors (Lipinski definition) is 5. The van der Waals surface area contributed by atoms with E-state index in [-0.39, 0.29) is 17.9 Å². The number of amides is 1. The highest BCUT2D eigenvalue weighted by Gasteiger charge is 2.31. The zero-order valence-corrected chi connectivity index (χ0v) is 15.6. The molecule has 1 saturated carbocycles. The van der Waals surface area contributed by atoms with Gasteiger partial charge in [-0.25, -0.2) is 0 Å². The quantitative estimate of drug-likeness (QED) is 0.857. The maximum atomic E-state index is 12.0. The lowest BCUT2D eigenvalue weighted by Crippen LogP contribution is -2.31. The van der Waals surface area contributed by atoms with E-state index in [0.29, 0.717) is 0 Å². The van der Waals surface area contributed by atoms with E-state index < -0.39 is 0 Å². The Hall–Kier alpha value is -2.15. The molecule has 0 radical (unpaired) electrons. The molecular formula is C19H27N5O2. The van der Waals surface area contributed by atoms with Gasteiger partial charge in [0.2, 0.25) is 5.91 Å². The minimum Gasteiger partial charge on any atom is -0.465 e. The minimum atomic E-state index is -0.104. The van der Waals surface area contributed by atoms with Crippen molar-refractivity contribution in [2.75, 3.05) is 13.1 Å². The zero-order chi connectivity index (χ0) is 18.1. The van der Waals surface area contributed by atoms with Crippen LogP contribution in [0.2, 0.25) is 0 Å². The molecule has 2 aromatic heterocycles. The molecule has 1 atom stereocenters. The Morgan fingerprint density at radius 1 is 1.27 bits per heavy atom. The summed E-state index contributed by atoms with van der Waals surface area (Å²) in [5.74, 6) is 4.28. The average Bonchev–Trinajstić information content (AvgIpc) is 3.31. The first-order valence-electron chi connectivity index (χ1n) is 9.66. The number of carbonyl (C=O) groups excluding carboxylic acids is 1. The molecule has 2 aliphatic rings.